The van der Waals surface area contributed by atoms with Gasteiger partial charge in [-0.3, -0.25) is 19.3 Å². The number of methoxy groups -OCH3 is 1. The number of benzene rings is 3. The number of carbonyl (C=O) groups is 6. The molecule has 3 aromatic rings. The van der Waals surface area contributed by atoms with Gasteiger partial charge in [-0.05, 0) is 68.3 Å². The highest BCUT2D eigenvalue weighted by atomic mass is 16.6. The third kappa shape index (κ3) is 9.58. The predicted molar refractivity (Wildman–Crippen MR) is 178 cm³/mol. The first kappa shape index (κ1) is 36.9. The van der Waals surface area contributed by atoms with E-state index in [1.54, 1.807) is 82.5 Å². The Morgan fingerprint density at radius 2 is 1.62 bits per heavy atom. The summed E-state index contributed by atoms with van der Waals surface area (Å²) in [6, 6.07) is 17.7. The Labute approximate surface area is 288 Å². The first-order chi connectivity index (χ1) is 23.8. The van der Waals surface area contributed by atoms with E-state index in [9.17, 15) is 33.9 Å². The lowest BCUT2D eigenvalue weighted by Gasteiger charge is -2.46. The van der Waals surface area contributed by atoms with Crippen LogP contribution >= 0.6 is 0 Å². The molecule has 14 heteroatoms. The van der Waals surface area contributed by atoms with Crippen molar-refractivity contribution in [3.05, 3.63) is 90.0 Å². The Kier molecular flexibility index (Phi) is 12.1. The van der Waals surface area contributed by atoms with Crippen LogP contribution in [0.2, 0.25) is 0 Å². The normalized spacial score (nSPS) is 15.1. The number of alkyl carbamates (subject to hydrolysis) is 1. The number of aldehydes is 1. The second kappa shape index (κ2) is 16.5. The minimum atomic E-state index is -1.25. The molecule has 3 amide bonds. The molecule has 0 saturated carbocycles. The van der Waals surface area contributed by atoms with E-state index in [1.165, 1.54) is 24.3 Å². The zero-order valence-electron chi connectivity index (χ0n) is 28.1. The number of nitrogens with zero attached hydrogens (tertiary/aromatic N) is 2. The summed E-state index contributed by atoms with van der Waals surface area (Å²) in [5.74, 6) is -2.57. The van der Waals surface area contributed by atoms with Crippen molar-refractivity contribution >= 4 is 41.8 Å². The SMILES string of the molecule is COc1ccc(COC(=O)C(CCOc2ccc(N(C(=O)C=O)C3CN(C(C(=O)O)c4ccccc4)C3=O)cc2)NC(=O)OC(C)(C)C)cc1. The Balaban J connectivity index is 1.39. The minimum absolute atomic E-state index is 0.0107. The van der Waals surface area contributed by atoms with E-state index in [4.69, 9.17) is 18.9 Å². The van der Waals surface area contributed by atoms with E-state index in [1.807, 2.05) is 0 Å². The number of rotatable bonds is 15. The number of likely N-dealkylation sites (tertiary alicyclic amines) is 1. The van der Waals surface area contributed by atoms with Crippen molar-refractivity contribution in [3.63, 3.8) is 0 Å². The van der Waals surface area contributed by atoms with Crippen LogP contribution in [-0.4, -0.2) is 84.1 Å². The Hall–Kier alpha value is -5.92. The van der Waals surface area contributed by atoms with Gasteiger partial charge >= 0.3 is 18.0 Å². The summed E-state index contributed by atoms with van der Waals surface area (Å²) in [6.07, 6.45) is -0.718. The maximum atomic E-state index is 13.2. The van der Waals surface area contributed by atoms with E-state index >= 15 is 0 Å². The molecule has 50 heavy (non-hydrogen) atoms. The molecule has 0 radical (unpaired) electrons. The largest absolute Gasteiger partial charge is 0.497 e. The van der Waals surface area contributed by atoms with Gasteiger partial charge < -0.3 is 34.3 Å². The summed E-state index contributed by atoms with van der Waals surface area (Å²) < 4.78 is 21.7. The number of β-lactam (4-membered cyclic amide) rings is 1. The van der Waals surface area contributed by atoms with E-state index in [-0.39, 0.29) is 38.2 Å². The summed E-state index contributed by atoms with van der Waals surface area (Å²) in [5.41, 5.74) is 0.519. The Bertz CT molecular complexity index is 1670. The second-order valence-corrected chi connectivity index (χ2v) is 12.3. The minimum Gasteiger partial charge on any atom is -0.497 e. The molecule has 264 valence electrons. The molecule has 0 bridgehead atoms. The molecule has 3 atom stereocenters. The monoisotopic (exact) mass is 689 g/mol. The Morgan fingerprint density at radius 3 is 2.18 bits per heavy atom. The molecular weight excluding hydrogens is 650 g/mol. The lowest BCUT2D eigenvalue weighted by Crippen LogP contribution is -2.67. The fraction of sp³-hybridized carbons (Fsp3) is 0.333. The van der Waals surface area contributed by atoms with E-state index in [0.29, 0.717) is 22.6 Å². The molecule has 0 spiro atoms. The fourth-order valence-corrected chi connectivity index (χ4v) is 5.14. The summed E-state index contributed by atoms with van der Waals surface area (Å²) in [7, 11) is 1.54. The molecule has 0 aliphatic carbocycles. The highest BCUT2D eigenvalue weighted by Crippen LogP contribution is 2.32. The van der Waals surface area contributed by atoms with Crippen molar-refractivity contribution in [2.24, 2.45) is 0 Å². The van der Waals surface area contributed by atoms with E-state index in [2.05, 4.69) is 5.32 Å². The quantitative estimate of drug-likeness (QED) is 0.103. The van der Waals surface area contributed by atoms with Crippen LogP contribution in [0.1, 0.15) is 44.4 Å². The van der Waals surface area contributed by atoms with Gasteiger partial charge in [-0.2, -0.15) is 0 Å². The zero-order chi connectivity index (χ0) is 36.4. The molecule has 1 aliphatic rings. The van der Waals surface area contributed by atoms with Gasteiger partial charge in [0.2, 0.25) is 12.2 Å². The topological polar surface area (TPSA) is 178 Å². The van der Waals surface area contributed by atoms with Gasteiger partial charge in [0.15, 0.2) is 6.04 Å². The van der Waals surface area contributed by atoms with Crippen molar-refractivity contribution in [1.29, 1.82) is 0 Å². The van der Waals surface area contributed by atoms with Crippen molar-refractivity contribution < 1.29 is 52.8 Å². The molecule has 3 aromatic carbocycles. The van der Waals surface area contributed by atoms with Crippen molar-refractivity contribution in [2.75, 3.05) is 25.2 Å². The lowest BCUT2D eigenvalue weighted by atomic mass is 9.96. The molecule has 3 unspecified atom stereocenters. The summed E-state index contributed by atoms with van der Waals surface area (Å²) >= 11 is 0. The molecular formula is C36H39N3O11. The van der Waals surface area contributed by atoms with Crippen LogP contribution in [0.5, 0.6) is 11.5 Å². The van der Waals surface area contributed by atoms with E-state index in [0.717, 1.165) is 9.80 Å². The molecule has 2 N–H and O–H groups in total. The Morgan fingerprint density at radius 1 is 0.980 bits per heavy atom. The van der Waals surface area contributed by atoms with Gasteiger partial charge in [0.05, 0.1) is 20.3 Å². The molecule has 1 fully saturated rings. The van der Waals surface area contributed by atoms with Crippen molar-refractivity contribution in [1.82, 2.24) is 10.2 Å². The van der Waals surface area contributed by atoms with Gasteiger partial charge in [0.1, 0.15) is 35.8 Å². The average molecular weight is 690 g/mol. The highest BCUT2D eigenvalue weighted by molar-refractivity contribution is 6.32. The third-order valence-corrected chi connectivity index (χ3v) is 7.55. The number of ether oxygens (including phenoxy) is 4. The van der Waals surface area contributed by atoms with Crippen LogP contribution in [0, 0.1) is 0 Å². The van der Waals surface area contributed by atoms with E-state index < -0.39 is 53.6 Å². The van der Waals surface area contributed by atoms with Crippen molar-refractivity contribution in [2.45, 2.75) is 57.5 Å². The number of anilines is 1. The standard InChI is InChI=1S/C36H39N3O11/c1-36(2,3)50-35(46)37-28(34(45)49-22-23-10-14-26(47-4)15-11-23)18-19-48-27-16-12-25(13-17-27)39(30(41)21-40)29-20-38(32(29)42)31(33(43)44)24-8-6-5-7-9-24/h5-17,21,28-29,31H,18-20,22H2,1-4H3,(H,37,46)(H,43,44). The van der Waals surface area contributed by atoms with Crippen LogP contribution in [0.15, 0.2) is 78.9 Å². The first-order valence-electron chi connectivity index (χ1n) is 15.7. The van der Waals surface area contributed by atoms with Gasteiger partial charge in [0.25, 0.3) is 5.91 Å². The van der Waals surface area contributed by atoms with Gasteiger partial charge in [-0.15, -0.1) is 0 Å². The molecule has 4 rings (SSSR count). The second-order valence-electron chi connectivity index (χ2n) is 12.3. The highest BCUT2D eigenvalue weighted by Gasteiger charge is 2.48. The number of hydrogen-bond donors (Lipinski definition) is 2. The summed E-state index contributed by atoms with van der Waals surface area (Å²) in [5, 5.41) is 12.3. The molecule has 1 heterocycles. The average Bonchev–Trinajstić information content (AvgIpc) is 3.09. The lowest BCUT2D eigenvalue weighted by molar-refractivity contribution is -0.159. The number of aliphatic carboxylic acids is 1. The van der Waals surface area contributed by atoms with Crippen LogP contribution in [0.25, 0.3) is 0 Å². The maximum Gasteiger partial charge on any atom is 0.408 e. The zero-order valence-corrected chi connectivity index (χ0v) is 28.1. The number of carboxylic acids is 1. The van der Waals surface area contributed by atoms with Gasteiger partial charge in [-0.25, -0.2) is 14.4 Å². The first-order valence-corrected chi connectivity index (χ1v) is 15.7. The van der Waals surface area contributed by atoms with Crippen LogP contribution < -0.4 is 19.7 Å². The van der Waals surface area contributed by atoms with Crippen LogP contribution in [0.4, 0.5) is 10.5 Å². The van der Waals surface area contributed by atoms with Crippen LogP contribution in [0.3, 0.4) is 0 Å². The predicted octanol–water partition coefficient (Wildman–Crippen LogP) is 3.67. The maximum absolute atomic E-state index is 13.2. The number of hydrogen-bond acceptors (Lipinski definition) is 10. The number of carbonyl (C=O) groups excluding carboxylic acids is 5. The smallest absolute Gasteiger partial charge is 0.408 e. The summed E-state index contributed by atoms with van der Waals surface area (Å²) in [4.78, 5) is 77.1. The number of esters is 1. The third-order valence-electron chi connectivity index (χ3n) is 7.55. The number of amides is 3. The molecule has 14 nitrogen and oxygen atoms in total. The summed E-state index contributed by atoms with van der Waals surface area (Å²) in [6.45, 7) is 4.87. The number of carboxylic acid groups (broad SMARTS) is 1. The molecule has 0 aromatic heterocycles. The van der Waals surface area contributed by atoms with Gasteiger partial charge in [-0.1, -0.05) is 42.5 Å². The molecule has 1 aliphatic heterocycles. The fourth-order valence-electron chi connectivity index (χ4n) is 5.14. The van der Waals surface area contributed by atoms with Gasteiger partial charge in [0, 0.05) is 12.1 Å². The van der Waals surface area contributed by atoms with Crippen molar-refractivity contribution in [3.8, 4) is 11.5 Å². The number of nitrogens with one attached hydrogen (secondary N) is 1. The molecule has 1 saturated heterocycles. The van der Waals surface area contributed by atoms with Crippen LogP contribution in [-0.2, 0) is 40.1 Å².